The van der Waals surface area contributed by atoms with Crippen molar-refractivity contribution in [2.75, 3.05) is 25.1 Å². The monoisotopic (exact) mass is 458 g/mol. The minimum Gasteiger partial charge on any atom is -0.465 e. The van der Waals surface area contributed by atoms with Crippen LogP contribution in [-0.4, -0.2) is 57.7 Å². The molecule has 2 aliphatic rings. The summed E-state index contributed by atoms with van der Waals surface area (Å²) in [5, 5.41) is 10.1. The average molecular weight is 459 g/mol. The molecule has 3 aromatic rings. The lowest BCUT2D eigenvalue weighted by atomic mass is 9.74. The number of hydrogen-bond donors (Lipinski definition) is 1. The first-order valence-electron chi connectivity index (χ1n) is 11.5. The Labute approximate surface area is 200 Å². The van der Waals surface area contributed by atoms with E-state index in [1.807, 2.05) is 0 Å². The third-order valence-corrected chi connectivity index (χ3v) is 8.23. The Morgan fingerprint density at radius 2 is 1.42 bits per heavy atom. The molecule has 5 heteroatoms. The van der Waals surface area contributed by atoms with Crippen molar-refractivity contribution < 1.29 is 9.90 Å². The van der Waals surface area contributed by atoms with Crippen molar-refractivity contribution in [3.05, 3.63) is 108 Å². The molecular formula is C28H30N2O2S. The van der Waals surface area contributed by atoms with Crippen molar-refractivity contribution in [3.8, 4) is 0 Å². The molecule has 0 saturated carbocycles. The van der Waals surface area contributed by atoms with Gasteiger partial charge in [0.1, 0.15) is 0 Å². The minimum absolute atomic E-state index is 0.00101. The molecule has 170 valence electrons. The van der Waals surface area contributed by atoms with Gasteiger partial charge < -0.3 is 5.11 Å². The van der Waals surface area contributed by atoms with Crippen LogP contribution in [0.25, 0.3) is 0 Å². The summed E-state index contributed by atoms with van der Waals surface area (Å²) in [7, 11) is 0. The first-order chi connectivity index (χ1) is 16.1. The number of rotatable bonds is 6. The molecule has 0 aromatic heterocycles. The highest BCUT2D eigenvalue weighted by atomic mass is 32.2. The predicted molar refractivity (Wildman–Crippen MR) is 135 cm³/mol. The summed E-state index contributed by atoms with van der Waals surface area (Å²) >= 11 is 1.75. The zero-order valence-corrected chi connectivity index (χ0v) is 19.7. The Hall–Kier alpha value is -2.76. The fraction of sp³-hybridized carbons (Fsp3) is 0.321. The van der Waals surface area contributed by atoms with Crippen LogP contribution in [0.15, 0.2) is 91.0 Å². The van der Waals surface area contributed by atoms with Crippen LogP contribution >= 0.6 is 11.8 Å². The summed E-state index contributed by atoms with van der Waals surface area (Å²) in [6, 6.07) is 32.1. The van der Waals surface area contributed by atoms with Crippen LogP contribution in [0, 0.1) is 0 Å². The molecule has 2 saturated heterocycles. The van der Waals surface area contributed by atoms with Gasteiger partial charge in [-0.1, -0.05) is 91.0 Å². The minimum atomic E-state index is -0.782. The van der Waals surface area contributed by atoms with Crippen molar-refractivity contribution in [2.24, 2.45) is 0 Å². The molecule has 1 amide bonds. The van der Waals surface area contributed by atoms with Crippen LogP contribution in [0.1, 0.15) is 29.5 Å². The van der Waals surface area contributed by atoms with Crippen molar-refractivity contribution in [3.63, 3.8) is 0 Å². The molecule has 2 heterocycles. The second-order valence-corrected chi connectivity index (χ2v) is 10.1. The third-order valence-electron chi connectivity index (χ3n) is 7.40. The van der Waals surface area contributed by atoms with E-state index in [0.29, 0.717) is 13.1 Å². The standard InChI is InChI=1S/C28H30N2O2S/c1-33-21-27-18-17-25(30(27)26(31)32)19-29(20-27)28(22-11-5-2-6-12-22,23-13-7-3-8-14-23)24-15-9-4-10-16-24/h2-16,25H,17-21H2,1H3,(H,31,32)/t25-,27+/m0/s1. The largest absolute Gasteiger partial charge is 0.465 e. The highest BCUT2D eigenvalue weighted by Crippen LogP contribution is 2.49. The summed E-state index contributed by atoms with van der Waals surface area (Å²) in [5.74, 6) is 0.806. The molecule has 2 atom stereocenters. The number of benzene rings is 3. The molecule has 3 aromatic carbocycles. The molecule has 4 nitrogen and oxygen atoms in total. The normalized spacial score (nSPS) is 22.9. The maximum atomic E-state index is 12.4. The van der Waals surface area contributed by atoms with Gasteiger partial charge in [-0.2, -0.15) is 11.8 Å². The lowest BCUT2D eigenvalue weighted by Crippen LogP contribution is -2.68. The Bertz CT molecular complexity index is 992. The van der Waals surface area contributed by atoms with Gasteiger partial charge in [0.25, 0.3) is 0 Å². The molecule has 0 aliphatic carbocycles. The van der Waals surface area contributed by atoms with E-state index in [1.165, 1.54) is 16.7 Å². The van der Waals surface area contributed by atoms with E-state index in [0.717, 1.165) is 18.6 Å². The third kappa shape index (κ3) is 3.54. The highest BCUT2D eigenvalue weighted by molar-refractivity contribution is 7.98. The van der Waals surface area contributed by atoms with Gasteiger partial charge in [-0.15, -0.1) is 0 Å². The molecule has 5 rings (SSSR count). The average Bonchev–Trinajstić information content (AvgIpc) is 3.09. The van der Waals surface area contributed by atoms with Gasteiger partial charge in [-0.3, -0.25) is 9.80 Å². The van der Waals surface area contributed by atoms with E-state index in [9.17, 15) is 9.90 Å². The number of likely N-dealkylation sites (tertiary alicyclic amines) is 1. The van der Waals surface area contributed by atoms with E-state index < -0.39 is 11.6 Å². The van der Waals surface area contributed by atoms with E-state index in [4.69, 9.17) is 0 Å². The maximum absolute atomic E-state index is 12.4. The number of thioether (sulfide) groups is 1. The number of carboxylic acid groups (broad SMARTS) is 1. The van der Waals surface area contributed by atoms with Crippen LogP contribution in [-0.2, 0) is 5.54 Å². The molecule has 2 bridgehead atoms. The van der Waals surface area contributed by atoms with E-state index >= 15 is 0 Å². The van der Waals surface area contributed by atoms with Gasteiger partial charge in [0.15, 0.2) is 0 Å². The summed E-state index contributed by atoms with van der Waals surface area (Å²) in [5.41, 5.74) is 2.76. The Kier molecular flexibility index (Phi) is 5.94. The van der Waals surface area contributed by atoms with E-state index in [1.54, 1.807) is 16.7 Å². The maximum Gasteiger partial charge on any atom is 0.408 e. The van der Waals surface area contributed by atoms with E-state index in [2.05, 4.69) is 102 Å². The Morgan fingerprint density at radius 1 is 0.939 bits per heavy atom. The lowest BCUT2D eigenvalue weighted by molar-refractivity contribution is -0.00984. The van der Waals surface area contributed by atoms with Gasteiger partial charge in [0.2, 0.25) is 0 Å². The van der Waals surface area contributed by atoms with Crippen LogP contribution in [0.5, 0.6) is 0 Å². The molecule has 2 fully saturated rings. The molecule has 1 N–H and O–H groups in total. The van der Waals surface area contributed by atoms with Gasteiger partial charge in [0, 0.05) is 24.9 Å². The zero-order chi connectivity index (χ0) is 22.9. The van der Waals surface area contributed by atoms with E-state index in [-0.39, 0.29) is 11.6 Å². The van der Waals surface area contributed by atoms with Gasteiger partial charge >= 0.3 is 6.09 Å². The first kappa shape index (κ1) is 22.1. The Balaban J connectivity index is 1.75. The summed E-state index contributed by atoms with van der Waals surface area (Å²) in [6.45, 7) is 1.41. The van der Waals surface area contributed by atoms with Crippen LogP contribution in [0.3, 0.4) is 0 Å². The topological polar surface area (TPSA) is 43.8 Å². The van der Waals surface area contributed by atoms with Crippen molar-refractivity contribution in [1.82, 2.24) is 9.80 Å². The van der Waals surface area contributed by atoms with Crippen molar-refractivity contribution >= 4 is 17.9 Å². The molecule has 33 heavy (non-hydrogen) atoms. The number of piperazine rings is 1. The summed E-state index contributed by atoms with van der Waals surface area (Å²) in [6.07, 6.45) is 3.13. The lowest BCUT2D eigenvalue weighted by Gasteiger charge is -2.55. The van der Waals surface area contributed by atoms with Crippen LogP contribution in [0.2, 0.25) is 0 Å². The fourth-order valence-electron chi connectivity index (χ4n) is 6.23. The number of fused-ring (bicyclic) bond motifs is 2. The predicted octanol–water partition coefficient (Wildman–Crippen LogP) is 5.54. The molecule has 0 spiro atoms. The van der Waals surface area contributed by atoms with Crippen molar-refractivity contribution in [1.29, 1.82) is 0 Å². The second-order valence-electron chi connectivity index (χ2n) is 9.19. The van der Waals surface area contributed by atoms with Gasteiger partial charge in [0.05, 0.1) is 11.1 Å². The molecule has 0 radical (unpaired) electrons. The summed E-state index contributed by atoms with van der Waals surface area (Å²) < 4.78 is 0. The van der Waals surface area contributed by atoms with Crippen molar-refractivity contribution in [2.45, 2.75) is 30.0 Å². The van der Waals surface area contributed by atoms with Crippen LogP contribution in [0.4, 0.5) is 4.79 Å². The van der Waals surface area contributed by atoms with Gasteiger partial charge in [-0.25, -0.2) is 4.79 Å². The smallest absolute Gasteiger partial charge is 0.408 e. The molecule has 2 aliphatic heterocycles. The number of hydrogen-bond acceptors (Lipinski definition) is 3. The summed E-state index contributed by atoms with van der Waals surface area (Å²) in [4.78, 5) is 16.7. The molecule has 0 unspecified atom stereocenters. The number of carbonyl (C=O) groups is 1. The van der Waals surface area contributed by atoms with Gasteiger partial charge in [-0.05, 0) is 35.8 Å². The molecular weight excluding hydrogens is 428 g/mol. The number of amides is 1. The second kappa shape index (κ2) is 8.88. The zero-order valence-electron chi connectivity index (χ0n) is 18.9. The Morgan fingerprint density at radius 3 is 1.85 bits per heavy atom. The SMILES string of the molecule is CSC[C@@]12CC[C@@H](CN(C(c3ccccc3)(c3ccccc3)c3ccccc3)C1)N2C(=O)O. The fourth-order valence-corrected chi connectivity index (χ4v) is 7.14. The number of nitrogens with zero attached hydrogens (tertiary/aromatic N) is 2. The van der Waals surface area contributed by atoms with Crippen LogP contribution < -0.4 is 0 Å². The quantitative estimate of drug-likeness (QED) is 0.493. The highest BCUT2D eigenvalue weighted by Gasteiger charge is 2.57. The first-order valence-corrected chi connectivity index (χ1v) is 12.9.